The van der Waals surface area contributed by atoms with Gasteiger partial charge < -0.3 is 14.6 Å². The van der Waals surface area contributed by atoms with Crippen LogP contribution >= 0.6 is 0 Å². The summed E-state index contributed by atoms with van der Waals surface area (Å²) in [4.78, 5) is 0. The summed E-state index contributed by atoms with van der Waals surface area (Å²) in [5, 5.41) is 11.6. The van der Waals surface area contributed by atoms with E-state index in [1.807, 2.05) is 0 Å². The maximum atomic E-state index is 11.6. The lowest BCUT2D eigenvalue weighted by Gasteiger charge is -2.42. The van der Waals surface area contributed by atoms with E-state index < -0.39 is 5.60 Å². The van der Waals surface area contributed by atoms with Crippen LogP contribution in [0.2, 0.25) is 0 Å². The van der Waals surface area contributed by atoms with Crippen molar-refractivity contribution in [2.75, 3.05) is 14.2 Å². The number of methoxy groups -OCH3 is 2. The normalized spacial score (nSPS) is 30.2. The first-order valence-corrected chi connectivity index (χ1v) is 12.0. The largest absolute Gasteiger partial charge is 0.493 e. The monoisotopic (exact) mass is 402 g/mol. The standard InChI is InChI=1S/C26H42O3/c1-5-7-19-9-11-20(12-10-19)21-15-17-26(27,18-16-21)23-14-13-22(8-6-2)24(28-3)25(23)29-4/h13-14,19-21,27H,5-12,15-18H2,1-4H3. The molecule has 0 aliphatic heterocycles. The smallest absolute Gasteiger partial charge is 0.167 e. The van der Waals surface area contributed by atoms with E-state index >= 15 is 0 Å². The Hall–Kier alpha value is -1.22. The number of aryl methyl sites for hydroxylation is 1. The molecule has 0 aromatic heterocycles. The van der Waals surface area contributed by atoms with Crippen LogP contribution in [0.5, 0.6) is 11.5 Å². The summed E-state index contributed by atoms with van der Waals surface area (Å²) in [6.45, 7) is 4.48. The molecule has 1 N–H and O–H groups in total. The van der Waals surface area contributed by atoms with Gasteiger partial charge in [0.05, 0.1) is 19.8 Å². The van der Waals surface area contributed by atoms with Crippen LogP contribution in [-0.4, -0.2) is 19.3 Å². The van der Waals surface area contributed by atoms with Gasteiger partial charge in [0.25, 0.3) is 0 Å². The molecular weight excluding hydrogens is 360 g/mol. The molecule has 0 amide bonds. The summed E-state index contributed by atoms with van der Waals surface area (Å²) < 4.78 is 11.5. The highest BCUT2D eigenvalue weighted by atomic mass is 16.5. The van der Waals surface area contributed by atoms with Gasteiger partial charge in [-0.05, 0) is 68.3 Å². The van der Waals surface area contributed by atoms with E-state index in [2.05, 4.69) is 26.0 Å². The number of benzene rings is 1. The van der Waals surface area contributed by atoms with Gasteiger partial charge in [0.2, 0.25) is 0 Å². The summed E-state index contributed by atoms with van der Waals surface area (Å²) in [6.07, 6.45) is 14.3. The molecule has 3 nitrogen and oxygen atoms in total. The van der Waals surface area contributed by atoms with Crippen molar-refractivity contribution in [1.82, 2.24) is 0 Å². The Morgan fingerprint density at radius 3 is 2.03 bits per heavy atom. The van der Waals surface area contributed by atoms with Crippen LogP contribution in [0.15, 0.2) is 12.1 Å². The van der Waals surface area contributed by atoms with Gasteiger partial charge in [0.1, 0.15) is 0 Å². The molecule has 1 aromatic carbocycles. The zero-order valence-electron chi connectivity index (χ0n) is 19.1. The van der Waals surface area contributed by atoms with E-state index in [1.165, 1.54) is 38.5 Å². The third-order valence-electron chi connectivity index (χ3n) is 7.74. The van der Waals surface area contributed by atoms with Crippen molar-refractivity contribution in [1.29, 1.82) is 0 Å². The van der Waals surface area contributed by atoms with Crippen LogP contribution in [0.4, 0.5) is 0 Å². The molecule has 164 valence electrons. The number of ether oxygens (including phenoxy) is 2. The van der Waals surface area contributed by atoms with Crippen molar-refractivity contribution in [2.24, 2.45) is 17.8 Å². The van der Waals surface area contributed by atoms with Gasteiger partial charge in [-0.15, -0.1) is 0 Å². The second-order valence-electron chi connectivity index (χ2n) is 9.53. The molecule has 1 aromatic rings. The van der Waals surface area contributed by atoms with Crippen molar-refractivity contribution in [3.8, 4) is 11.5 Å². The van der Waals surface area contributed by atoms with E-state index in [1.54, 1.807) is 14.2 Å². The predicted octanol–water partition coefficient (Wildman–Crippen LogP) is 6.64. The number of rotatable bonds is 8. The van der Waals surface area contributed by atoms with Crippen molar-refractivity contribution in [3.63, 3.8) is 0 Å². The van der Waals surface area contributed by atoms with Crippen molar-refractivity contribution < 1.29 is 14.6 Å². The lowest BCUT2D eigenvalue weighted by molar-refractivity contribution is -0.0278. The van der Waals surface area contributed by atoms with Gasteiger partial charge in [0, 0.05) is 5.56 Å². The van der Waals surface area contributed by atoms with Gasteiger partial charge in [-0.1, -0.05) is 58.1 Å². The van der Waals surface area contributed by atoms with Gasteiger partial charge in [-0.3, -0.25) is 0 Å². The second-order valence-corrected chi connectivity index (χ2v) is 9.53. The zero-order chi connectivity index (χ0) is 20.9. The number of aliphatic hydroxyl groups is 1. The molecule has 0 bridgehead atoms. The molecule has 0 heterocycles. The molecule has 2 aliphatic carbocycles. The molecule has 3 heteroatoms. The third kappa shape index (κ3) is 4.93. The Balaban J connectivity index is 1.69. The fourth-order valence-electron chi connectivity index (χ4n) is 6.08. The average Bonchev–Trinajstić information content (AvgIpc) is 2.75. The van der Waals surface area contributed by atoms with Crippen LogP contribution in [0.1, 0.15) is 95.6 Å². The summed E-state index contributed by atoms with van der Waals surface area (Å²) in [7, 11) is 3.40. The predicted molar refractivity (Wildman–Crippen MR) is 120 cm³/mol. The first-order valence-electron chi connectivity index (χ1n) is 12.0. The third-order valence-corrected chi connectivity index (χ3v) is 7.74. The first kappa shape index (κ1) is 22.5. The molecule has 0 radical (unpaired) electrons. The Labute approximate surface area is 178 Å². The average molecular weight is 403 g/mol. The molecule has 3 rings (SSSR count). The molecular formula is C26H42O3. The fourth-order valence-corrected chi connectivity index (χ4v) is 6.08. The molecule has 2 aliphatic rings. The Morgan fingerprint density at radius 1 is 0.862 bits per heavy atom. The quantitative estimate of drug-likeness (QED) is 0.529. The maximum Gasteiger partial charge on any atom is 0.167 e. The van der Waals surface area contributed by atoms with Gasteiger partial charge in [-0.25, -0.2) is 0 Å². The summed E-state index contributed by atoms with van der Waals surface area (Å²) in [6, 6.07) is 4.21. The SMILES string of the molecule is CCCc1ccc(C2(O)CCC(C3CCC(CCC)CC3)CC2)c(OC)c1OC. The van der Waals surface area contributed by atoms with E-state index in [9.17, 15) is 5.11 Å². The Kier molecular flexibility index (Phi) is 7.90. The highest BCUT2D eigenvalue weighted by molar-refractivity contribution is 5.54. The van der Waals surface area contributed by atoms with E-state index in [4.69, 9.17) is 9.47 Å². The molecule has 2 fully saturated rings. The van der Waals surface area contributed by atoms with Crippen LogP contribution in [0.3, 0.4) is 0 Å². The fraction of sp³-hybridized carbons (Fsp3) is 0.769. The van der Waals surface area contributed by atoms with Gasteiger partial charge in [0.15, 0.2) is 11.5 Å². The van der Waals surface area contributed by atoms with Crippen LogP contribution in [-0.2, 0) is 12.0 Å². The van der Waals surface area contributed by atoms with E-state index in [0.29, 0.717) is 0 Å². The Bertz CT molecular complexity index is 638. The number of hydrogen-bond donors (Lipinski definition) is 1. The van der Waals surface area contributed by atoms with Gasteiger partial charge >= 0.3 is 0 Å². The first-order chi connectivity index (χ1) is 14.1. The molecule has 2 saturated carbocycles. The van der Waals surface area contributed by atoms with Crippen LogP contribution < -0.4 is 9.47 Å². The van der Waals surface area contributed by atoms with Crippen molar-refractivity contribution in [2.45, 2.75) is 96.5 Å². The summed E-state index contributed by atoms with van der Waals surface area (Å²) >= 11 is 0. The van der Waals surface area contributed by atoms with E-state index in [-0.39, 0.29) is 0 Å². The van der Waals surface area contributed by atoms with Crippen LogP contribution in [0.25, 0.3) is 0 Å². The molecule has 0 saturated heterocycles. The summed E-state index contributed by atoms with van der Waals surface area (Å²) in [5.41, 5.74) is 1.29. The lowest BCUT2D eigenvalue weighted by Crippen LogP contribution is -2.35. The Morgan fingerprint density at radius 2 is 1.48 bits per heavy atom. The van der Waals surface area contributed by atoms with Crippen LogP contribution in [0, 0.1) is 17.8 Å². The minimum atomic E-state index is -0.792. The van der Waals surface area contributed by atoms with E-state index in [0.717, 1.165) is 78.9 Å². The molecule has 0 atom stereocenters. The zero-order valence-corrected chi connectivity index (χ0v) is 19.1. The van der Waals surface area contributed by atoms with Crippen molar-refractivity contribution >= 4 is 0 Å². The highest BCUT2D eigenvalue weighted by Crippen LogP contribution is 2.50. The molecule has 0 spiro atoms. The van der Waals surface area contributed by atoms with Crippen molar-refractivity contribution in [3.05, 3.63) is 23.3 Å². The highest BCUT2D eigenvalue weighted by Gasteiger charge is 2.40. The second kappa shape index (κ2) is 10.2. The minimum absolute atomic E-state index is 0.736. The molecule has 0 unspecified atom stereocenters. The summed E-state index contributed by atoms with van der Waals surface area (Å²) in [5.74, 6) is 4.16. The molecule has 29 heavy (non-hydrogen) atoms. The van der Waals surface area contributed by atoms with Gasteiger partial charge in [-0.2, -0.15) is 0 Å². The lowest BCUT2D eigenvalue weighted by atomic mass is 9.66. The topological polar surface area (TPSA) is 38.7 Å². The number of hydrogen-bond acceptors (Lipinski definition) is 3. The minimum Gasteiger partial charge on any atom is -0.493 e. The maximum absolute atomic E-state index is 11.6.